The average molecular weight is 323 g/mol. The normalized spacial score (nSPS) is 10.1. The van der Waals surface area contributed by atoms with Crippen LogP contribution in [0, 0.1) is 6.92 Å². The molecule has 1 aromatic carbocycles. The lowest BCUT2D eigenvalue weighted by Gasteiger charge is -2.06. The van der Waals surface area contributed by atoms with Gasteiger partial charge in [-0.15, -0.1) is 0 Å². The van der Waals surface area contributed by atoms with E-state index in [0.29, 0.717) is 5.69 Å². The highest BCUT2D eigenvalue weighted by Crippen LogP contribution is 2.07. The van der Waals surface area contributed by atoms with E-state index in [4.69, 9.17) is 4.55 Å². The van der Waals surface area contributed by atoms with Crippen LogP contribution in [0.3, 0.4) is 0 Å². The Morgan fingerprint density at radius 3 is 2.14 bits per heavy atom. The minimum absolute atomic E-state index is 0.540. The van der Waals surface area contributed by atoms with Gasteiger partial charge in [0.2, 0.25) is 0 Å². The molecule has 0 aliphatic carbocycles. The van der Waals surface area contributed by atoms with Crippen LogP contribution in [0.5, 0.6) is 0 Å². The van der Waals surface area contributed by atoms with Gasteiger partial charge in [0.25, 0.3) is 10.1 Å². The number of carbonyl (C=O) groups is 1. The van der Waals surface area contributed by atoms with E-state index < -0.39 is 22.0 Å². The number of anilines is 1. The smallest absolute Gasteiger partial charge is 0.320 e. The van der Waals surface area contributed by atoms with Crippen molar-refractivity contribution in [3.05, 3.63) is 60.4 Å². The molecule has 118 valence electrons. The summed E-state index contributed by atoms with van der Waals surface area (Å²) in [5.74, 6) is -0.815. The van der Waals surface area contributed by atoms with Gasteiger partial charge in [-0.25, -0.2) is 4.79 Å². The number of benzene rings is 1. The molecule has 0 saturated carbocycles. The lowest BCUT2D eigenvalue weighted by molar-refractivity contribution is 0.253. The Morgan fingerprint density at radius 2 is 1.73 bits per heavy atom. The van der Waals surface area contributed by atoms with Crippen LogP contribution in [0.25, 0.3) is 0 Å². The van der Waals surface area contributed by atoms with Crippen LogP contribution >= 0.6 is 0 Å². The molecule has 7 nitrogen and oxygen atoms in total. The number of hydrogen-bond acceptors (Lipinski definition) is 4. The van der Waals surface area contributed by atoms with Crippen molar-refractivity contribution in [2.45, 2.75) is 6.92 Å². The third kappa shape index (κ3) is 8.67. The summed E-state index contributed by atoms with van der Waals surface area (Å²) in [6.45, 7) is 1.90. The summed E-state index contributed by atoms with van der Waals surface area (Å²) in [6, 6.07) is 12.0. The van der Waals surface area contributed by atoms with E-state index in [1.54, 1.807) is 36.7 Å². The van der Waals surface area contributed by atoms with Crippen molar-refractivity contribution < 1.29 is 17.8 Å². The monoisotopic (exact) mass is 323 g/mol. The maximum atomic E-state index is 11.1. The molecule has 0 bridgehead atoms. The van der Waals surface area contributed by atoms with Crippen LogP contribution in [0.4, 0.5) is 10.5 Å². The fourth-order valence-electron chi connectivity index (χ4n) is 1.28. The first-order chi connectivity index (χ1) is 10.4. The van der Waals surface area contributed by atoms with Crippen molar-refractivity contribution in [1.29, 1.82) is 0 Å². The minimum Gasteiger partial charge on any atom is -0.321 e. The third-order valence-electron chi connectivity index (χ3n) is 2.29. The molecule has 2 amide bonds. The predicted molar refractivity (Wildman–Crippen MR) is 84.0 cm³/mol. The van der Waals surface area contributed by atoms with Gasteiger partial charge in [0.15, 0.2) is 0 Å². The standard InChI is InChI=1S/C9H12N2O4S.C5H5N/c1-7-2-4-8(5-3-7)11-9(12)10-6-16(13,14)15;1-2-4-6-5-3-1/h2-5H,6H2,1H3,(H2,10,11,12)(H,13,14,15);1-5H. The van der Waals surface area contributed by atoms with Crippen molar-refractivity contribution in [3.8, 4) is 0 Å². The summed E-state index contributed by atoms with van der Waals surface area (Å²) in [5, 5.41) is 4.41. The fourth-order valence-corrected chi connectivity index (χ4v) is 1.60. The quantitative estimate of drug-likeness (QED) is 0.749. The summed E-state index contributed by atoms with van der Waals surface area (Å²) < 4.78 is 29.1. The van der Waals surface area contributed by atoms with E-state index in [1.165, 1.54) is 0 Å². The summed E-state index contributed by atoms with van der Waals surface area (Å²) in [5.41, 5.74) is 1.59. The van der Waals surface area contributed by atoms with Crippen molar-refractivity contribution in [3.63, 3.8) is 0 Å². The van der Waals surface area contributed by atoms with E-state index in [9.17, 15) is 13.2 Å². The number of nitrogens with zero attached hydrogens (tertiary/aromatic N) is 1. The fraction of sp³-hybridized carbons (Fsp3) is 0.143. The van der Waals surface area contributed by atoms with Crippen LogP contribution in [-0.2, 0) is 10.1 Å². The first kappa shape index (κ1) is 17.6. The summed E-state index contributed by atoms with van der Waals surface area (Å²) >= 11 is 0. The number of aryl methyl sites for hydroxylation is 1. The second-order valence-corrected chi connectivity index (χ2v) is 5.70. The summed E-state index contributed by atoms with van der Waals surface area (Å²) in [7, 11) is -4.19. The number of pyridine rings is 1. The van der Waals surface area contributed by atoms with Crippen LogP contribution in [0.1, 0.15) is 5.56 Å². The van der Waals surface area contributed by atoms with Crippen LogP contribution in [0.15, 0.2) is 54.9 Å². The van der Waals surface area contributed by atoms with Crippen molar-refractivity contribution >= 4 is 21.8 Å². The highest BCUT2D eigenvalue weighted by molar-refractivity contribution is 7.85. The molecule has 2 rings (SSSR count). The summed E-state index contributed by atoms with van der Waals surface area (Å²) in [4.78, 5) is 14.9. The first-order valence-electron chi connectivity index (χ1n) is 6.28. The Hall–Kier alpha value is -2.45. The molecule has 22 heavy (non-hydrogen) atoms. The Balaban J connectivity index is 0.000000335. The lowest BCUT2D eigenvalue weighted by Crippen LogP contribution is -2.33. The summed E-state index contributed by atoms with van der Waals surface area (Å²) in [6.07, 6.45) is 3.50. The maximum Gasteiger partial charge on any atom is 0.320 e. The Morgan fingerprint density at radius 1 is 1.14 bits per heavy atom. The second-order valence-electron chi connectivity index (χ2n) is 4.25. The number of carbonyl (C=O) groups excluding carboxylic acids is 1. The molecule has 0 fully saturated rings. The van der Waals surface area contributed by atoms with Gasteiger partial charge >= 0.3 is 6.03 Å². The minimum atomic E-state index is -4.19. The zero-order valence-electron chi connectivity index (χ0n) is 11.9. The molecule has 1 aromatic heterocycles. The van der Waals surface area contributed by atoms with E-state index in [-0.39, 0.29) is 0 Å². The van der Waals surface area contributed by atoms with Gasteiger partial charge in [-0.3, -0.25) is 9.54 Å². The van der Waals surface area contributed by atoms with E-state index in [1.807, 2.05) is 30.4 Å². The maximum absolute atomic E-state index is 11.1. The van der Waals surface area contributed by atoms with Crippen LogP contribution < -0.4 is 10.6 Å². The van der Waals surface area contributed by atoms with Gasteiger partial charge < -0.3 is 10.6 Å². The Bertz CT molecular complexity index is 646. The first-order valence-corrected chi connectivity index (χ1v) is 7.89. The zero-order chi connectivity index (χ0) is 16.4. The van der Waals surface area contributed by atoms with Crippen molar-refractivity contribution in [2.75, 3.05) is 11.2 Å². The molecule has 0 radical (unpaired) electrons. The molecule has 0 unspecified atom stereocenters. The number of nitrogens with one attached hydrogen (secondary N) is 2. The highest BCUT2D eigenvalue weighted by atomic mass is 32.2. The average Bonchev–Trinajstić information content (AvgIpc) is 2.49. The Labute approximate surface area is 129 Å². The highest BCUT2D eigenvalue weighted by Gasteiger charge is 2.07. The van der Waals surface area contributed by atoms with E-state index in [0.717, 1.165) is 5.56 Å². The van der Waals surface area contributed by atoms with E-state index >= 15 is 0 Å². The SMILES string of the molecule is Cc1ccc(NC(=O)NCS(=O)(=O)O)cc1.c1ccncc1. The van der Waals surface area contributed by atoms with Crippen LogP contribution in [0.2, 0.25) is 0 Å². The number of urea groups is 1. The van der Waals surface area contributed by atoms with Gasteiger partial charge in [-0.05, 0) is 31.2 Å². The predicted octanol–water partition coefficient (Wildman–Crippen LogP) is 2.04. The topological polar surface area (TPSA) is 108 Å². The number of rotatable bonds is 3. The van der Waals surface area contributed by atoms with Gasteiger partial charge in [0, 0.05) is 18.1 Å². The van der Waals surface area contributed by atoms with Gasteiger partial charge in [0.1, 0.15) is 5.88 Å². The molecule has 8 heteroatoms. The molecular weight excluding hydrogens is 306 g/mol. The molecule has 0 aliphatic heterocycles. The van der Waals surface area contributed by atoms with Crippen molar-refractivity contribution in [1.82, 2.24) is 10.3 Å². The lowest BCUT2D eigenvalue weighted by atomic mass is 10.2. The number of amides is 2. The number of hydrogen-bond donors (Lipinski definition) is 3. The Kier molecular flexibility index (Phi) is 7.00. The molecule has 0 atom stereocenters. The number of aromatic nitrogens is 1. The van der Waals surface area contributed by atoms with Gasteiger partial charge in [0.05, 0.1) is 0 Å². The zero-order valence-corrected chi connectivity index (χ0v) is 12.7. The van der Waals surface area contributed by atoms with Gasteiger partial charge in [-0.2, -0.15) is 8.42 Å². The van der Waals surface area contributed by atoms with Gasteiger partial charge in [-0.1, -0.05) is 23.8 Å². The third-order valence-corrected chi connectivity index (χ3v) is 2.80. The van der Waals surface area contributed by atoms with Crippen LogP contribution in [-0.4, -0.2) is 29.9 Å². The largest absolute Gasteiger partial charge is 0.321 e. The molecular formula is C14H17N3O4S. The molecule has 2 aromatic rings. The molecule has 1 heterocycles. The molecule has 3 N–H and O–H groups in total. The van der Waals surface area contributed by atoms with Crippen molar-refractivity contribution in [2.24, 2.45) is 0 Å². The molecule has 0 spiro atoms. The second kappa shape index (κ2) is 8.75. The van der Waals surface area contributed by atoms with E-state index in [2.05, 4.69) is 10.3 Å². The molecule has 0 aliphatic rings. The molecule has 0 saturated heterocycles.